The van der Waals surface area contributed by atoms with E-state index in [1.807, 2.05) is 20.9 Å². The van der Waals surface area contributed by atoms with Crippen molar-refractivity contribution in [2.75, 3.05) is 13.1 Å². The second-order valence-electron chi connectivity index (χ2n) is 6.91. The van der Waals surface area contributed by atoms with Crippen molar-refractivity contribution < 1.29 is 14.7 Å². The third-order valence-corrected chi connectivity index (χ3v) is 5.66. The van der Waals surface area contributed by atoms with Crippen LogP contribution in [-0.2, 0) is 11.8 Å². The van der Waals surface area contributed by atoms with Crippen molar-refractivity contribution in [3.05, 3.63) is 17.5 Å². The average molecular weight is 320 g/mol. The number of hydrogen-bond donors (Lipinski definition) is 2. The quantitative estimate of drug-likeness (QED) is 0.887. The van der Waals surface area contributed by atoms with Gasteiger partial charge in [-0.2, -0.15) is 5.10 Å². The number of amides is 2. The zero-order valence-electron chi connectivity index (χ0n) is 13.9. The summed E-state index contributed by atoms with van der Waals surface area (Å²) in [5.74, 6) is -0.673. The molecule has 2 fully saturated rings. The van der Waals surface area contributed by atoms with Gasteiger partial charge < -0.3 is 15.3 Å². The molecule has 3 atom stereocenters. The first-order valence-corrected chi connectivity index (χ1v) is 8.12. The van der Waals surface area contributed by atoms with Crippen molar-refractivity contribution in [3.8, 4) is 0 Å². The third kappa shape index (κ3) is 2.48. The highest BCUT2D eigenvalue weighted by molar-refractivity contribution is 5.80. The molecule has 7 heteroatoms. The van der Waals surface area contributed by atoms with Gasteiger partial charge in [-0.3, -0.25) is 9.48 Å². The standard InChI is InChI=1S/C16H24N4O3/c1-10(13-7-17-19(3)11(13)2)18-15(23)20-8-12-5-4-6-16(12,9-20)14(21)22/h7,10,12H,4-6,8-9H2,1-3H3,(H,18,23)(H,21,22)/t10?,12-,16+/m0/s1. The van der Waals surface area contributed by atoms with E-state index in [4.69, 9.17) is 0 Å². The molecule has 0 radical (unpaired) electrons. The van der Waals surface area contributed by atoms with Crippen LogP contribution in [0.4, 0.5) is 4.79 Å². The van der Waals surface area contributed by atoms with Gasteiger partial charge in [0, 0.05) is 31.4 Å². The molecule has 0 bridgehead atoms. The summed E-state index contributed by atoms with van der Waals surface area (Å²) in [6.07, 6.45) is 4.27. The number of hydrogen-bond acceptors (Lipinski definition) is 3. The molecule has 126 valence electrons. The summed E-state index contributed by atoms with van der Waals surface area (Å²) in [4.78, 5) is 25.9. The van der Waals surface area contributed by atoms with Gasteiger partial charge in [0.1, 0.15) is 0 Å². The first-order valence-electron chi connectivity index (χ1n) is 8.12. The number of nitrogens with one attached hydrogen (secondary N) is 1. The molecule has 0 aromatic carbocycles. The molecule has 1 aliphatic carbocycles. The topological polar surface area (TPSA) is 87.5 Å². The number of urea groups is 1. The van der Waals surface area contributed by atoms with Crippen LogP contribution in [0.1, 0.15) is 43.5 Å². The maximum atomic E-state index is 12.5. The summed E-state index contributed by atoms with van der Waals surface area (Å²) < 4.78 is 1.78. The molecule has 2 aliphatic rings. The van der Waals surface area contributed by atoms with Crippen LogP contribution in [0.5, 0.6) is 0 Å². The van der Waals surface area contributed by atoms with Crippen molar-refractivity contribution >= 4 is 12.0 Å². The smallest absolute Gasteiger partial charge is 0.317 e. The third-order valence-electron chi connectivity index (χ3n) is 5.66. The van der Waals surface area contributed by atoms with Gasteiger partial charge in [0.15, 0.2) is 0 Å². The summed E-state index contributed by atoms with van der Waals surface area (Å²) in [7, 11) is 1.87. The average Bonchev–Trinajstić information content (AvgIpc) is 3.12. The molecule has 1 aliphatic heterocycles. The Balaban J connectivity index is 1.68. The first-order chi connectivity index (χ1) is 10.8. The van der Waals surface area contributed by atoms with E-state index in [-0.39, 0.29) is 18.0 Å². The molecular weight excluding hydrogens is 296 g/mol. The van der Waals surface area contributed by atoms with Crippen LogP contribution in [0.2, 0.25) is 0 Å². The minimum Gasteiger partial charge on any atom is -0.481 e. The molecule has 1 unspecified atom stereocenters. The number of carboxylic acids is 1. The number of aryl methyl sites for hydroxylation is 1. The summed E-state index contributed by atoms with van der Waals surface area (Å²) in [5.41, 5.74) is 1.26. The van der Waals surface area contributed by atoms with Gasteiger partial charge >= 0.3 is 12.0 Å². The highest BCUT2D eigenvalue weighted by Gasteiger charge is 2.55. The summed E-state index contributed by atoms with van der Waals surface area (Å²) >= 11 is 0. The molecule has 1 aromatic heterocycles. The molecule has 23 heavy (non-hydrogen) atoms. The van der Waals surface area contributed by atoms with Crippen molar-refractivity contribution in [1.29, 1.82) is 0 Å². The summed E-state index contributed by atoms with van der Waals surface area (Å²) in [6, 6.07) is -0.340. The molecule has 1 aromatic rings. The number of aromatic nitrogens is 2. The van der Waals surface area contributed by atoms with E-state index in [2.05, 4.69) is 10.4 Å². The van der Waals surface area contributed by atoms with E-state index in [0.717, 1.165) is 24.1 Å². The predicted molar refractivity (Wildman–Crippen MR) is 83.9 cm³/mol. The van der Waals surface area contributed by atoms with Crippen LogP contribution >= 0.6 is 0 Å². The van der Waals surface area contributed by atoms with E-state index >= 15 is 0 Å². The number of carboxylic acid groups (broad SMARTS) is 1. The Bertz CT molecular complexity index is 641. The number of fused-ring (bicyclic) bond motifs is 1. The fourth-order valence-electron chi connectivity index (χ4n) is 4.09. The zero-order valence-corrected chi connectivity index (χ0v) is 13.9. The molecule has 2 amide bonds. The maximum absolute atomic E-state index is 12.5. The Kier molecular flexibility index (Phi) is 3.82. The van der Waals surface area contributed by atoms with Gasteiger partial charge in [0.2, 0.25) is 0 Å². The lowest BCUT2D eigenvalue weighted by Gasteiger charge is -2.24. The van der Waals surface area contributed by atoms with Crippen LogP contribution in [0.15, 0.2) is 6.20 Å². The van der Waals surface area contributed by atoms with E-state index in [9.17, 15) is 14.7 Å². The summed E-state index contributed by atoms with van der Waals surface area (Å²) in [6.45, 7) is 4.74. The largest absolute Gasteiger partial charge is 0.481 e. The van der Waals surface area contributed by atoms with Crippen LogP contribution in [-0.4, -0.2) is 44.9 Å². The summed E-state index contributed by atoms with van der Waals surface area (Å²) in [5, 5.41) is 16.8. The van der Waals surface area contributed by atoms with E-state index < -0.39 is 11.4 Å². The molecule has 0 spiro atoms. The van der Waals surface area contributed by atoms with Crippen molar-refractivity contribution in [2.45, 2.75) is 39.2 Å². The van der Waals surface area contributed by atoms with Gasteiger partial charge in [0.25, 0.3) is 0 Å². The van der Waals surface area contributed by atoms with Gasteiger partial charge in [0.05, 0.1) is 17.7 Å². The van der Waals surface area contributed by atoms with Crippen LogP contribution in [0, 0.1) is 18.3 Å². The minimum atomic E-state index is -0.758. The SMILES string of the molecule is Cc1c(C(C)NC(=O)N2C[C@@H]3CCC[C@@]3(C(=O)O)C2)cnn1C. The van der Waals surface area contributed by atoms with E-state index in [1.54, 1.807) is 15.8 Å². The van der Waals surface area contributed by atoms with Gasteiger partial charge in [-0.1, -0.05) is 6.42 Å². The first kappa shape index (κ1) is 15.8. The molecule has 2 N–H and O–H groups in total. The van der Waals surface area contributed by atoms with Gasteiger partial charge in [-0.15, -0.1) is 0 Å². The number of nitrogens with zero attached hydrogens (tertiary/aromatic N) is 3. The van der Waals surface area contributed by atoms with Gasteiger partial charge in [-0.25, -0.2) is 4.79 Å². The molecule has 7 nitrogen and oxygen atoms in total. The number of rotatable bonds is 3. The lowest BCUT2D eigenvalue weighted by atomic mass is 9.81. The van der Waals surface area contributed by atoms with Crippen LogP contribution < -0.4 is 5.32 Å². The lowest BCUT2D eigenvalue weighted by molar-refractivity contribution is -0.149. The molecule has 2 heterocycles. The fraction of sp³-hybridized carbons (Fsp3) is 0.688. The number of likely N-dealkylation sites (tertiary alicyclic amines) is 1. The van der Waals surface area contributed by atoms with Crippen molar-refractivity contribution in [1.82, 2.24) is 20.0 Å². The van der Waals surface area contributed by atoms with Crippen molar-refractivity contribution in [2.24, 2.45) is 18.4 Å². The van der Waals surface area contributed by atoms with Crippen molar-refractivity contribution in [3.63, 3.8) is 0 Å². The number of carbonyl (C=O) groups excluding carboxylic acids is 1. The Labute approximate surface area is 135 Å². The normalized spacial score (nSPS) is 27.8. The second-order valence-corrected chi connectivity index (χ2v) is 6.91. The second kappa shape index (κ2) is 5.54. The Morgan fingerprint density at radius 1 is 1.52 bits per heavy atom. The lowest BCUT2D eigenvalue weighted by Crippen LogP contribution is -2.42. The van der Waals surface area contributed by atoms with Gasteiger partial charge in [-0.05, 0) is 32.6 Å². The maximum Gasteiger partial charge on any atom is 0.317 e. The number of carbonyl (C=O) groups is 2. The number of aliphatic carboxylic acids is 1. The van der Waals surface area contributed by atoms with E-state index in [0.29, 0.717) is 19.5 Å². The Morgan fingerprint density at radius 3 is 2.83 bits per heavy atom. The molecular formula is C16H24N4O3. The molecule has 1 saturated heterocycles. The predicted octanol–water partition coefficient (Wildman–Crippen LogP) is 1.69. The highest BCUT2D eigenvalue weighted by atomic mass is 16.4. The van der Waals surface area contributed by atoms with Crippen LogP contribution in [0.25, 0.3) is 0 Å². The Morgan fingerprint density at radius 2 is 2.26 bits per heavy atom. The van der Waals surface area contributed by atoms with E-state index in [1.165, 1.54) is 0 Å². The highest BCUT2D eigenvalue weighted by Crippen LogP contribution is 2.48. The minimum absolute atomic E-state index is 0.0844. The fourth-order valence-corrected chi connectivity index (χ4v) is 4.09. The molecule has 3 rings (SSSR count). The Hall–Kier alpha value is -2.05. The molecule has 1 saturated carbocycles. The van der Waals surface area contributed by atoms with Crippen LogP contribution in [0.3, 0.4) is 0 Å². The monoisotopic (exact) mass is 320 g/mol. The zero-order chi connectivity index (χ0) is 16.8.